The topological polar surface area (TPSA) is 66.0 Å². The molecule has 2 N–H and O–H groups in total. The van der Waals surface area contributed by atoms with E-state index in [2.05, 4.69) is 4.98 Å². The van der Waals surface area contributed by atoms with Crippen molar-refractivity contribution in [2.75, 3.05) is 5.88 Å². The number of aromatic amines is 1. The normalized spacial score (nSPS) is 11.8. The van der Waals surface area contributed by atoms with Crippen LogP contribution in [0.5, 0.6) is 5.88 Å². The fourth-order valence-electron chi connectivity index (χ4n) is 1.09. The summed E-state index contributed by atoms with van der Waals surface area (Å²) in [6.45, 7) is 0. The molecule has 4 nitrogen and oxygen atoms in total. The Bertz CT molecular complexity index is 430. The van der Waals surface area contributed by atoms with Gasteiger partial charge in [-0.05, 0) is 12.8 Å². The predicted molar refractivity (Wildman–Crippen MR) is 50.6 cm³/mol. The van der Waals surface area contributed by atoms with E-state index in [1.807, 2.05) is 0 Å². The van der Waals surface area contributed by atoms with Crippen LogP contribution in [0.4, 0.5) is 13.2 Å². The van der Waals surface area contributed by atoms with E-state index in [-0.39, 0.29) is 17.9 Å². The summed E-state index contributed by atoms with van der Waals surface area (Å²) in [6.07, 6.45) is -4.34. The first-order valence-electron chi connectivity index (χ1n) is 4.31. The highest BCUT2D eigenvalue weighted by molar-refractivity contribution is 6.17. The molecule has 0 atom stereocenters. The fraction of sp³-hybridized carbons (Fsp3) is 0.500. The lowest BCUT2D eigenvalue weighted by molar-refractivity contribution is -0.145. The molecule has 0 fully saturated rings. The van der Waals surface area contributed by atoms with Gasteiger partial charge in [0.25, 0.3) is 5.56 Å². The van der Waals surface area contributed by atoms with Crippen LogP contribution in [0.15, 0.2) is 4.79 Å². The maximum atomic E-state index is 12.2. The number of hydrogen-bond donors (Lipinski definition) is 2. The SMILES string of the molecule is O=c1[nH]c(C(F)(F)F)nc(O)c1CCCCl. The number of rotatable bonds is 3. The van der Waals surface area contributed by atoms with Crippen LogP contribution in [0.2, 0.25) is 0 Å². The second-order valence-electron chi connectivity index (χ2n) is 3.01. The summed E-state index contributed by atoms with van der Waals surface area (Å²) < 4.78 is 36.5. The van der Waals surface area contributed by atoms with Gasteiger partial charge in [-0.3, -0.25) is 4.79 Å². The van der Waals surface area contributed by atoms with Crippen molar-refractivity contribution in [1.82, 2.24) is 9.97 Å². The quantitative estimate of drug-likeness (QED) is 0.809. The van der Waals surface area contributed by atoms with Crippen molar-refractivity contribution < 1.29 is 18.3 Å². The smallest absolute Gasteiger partial charge is 0.449 e. The average Bonchev–Trinajstić information content (AvgIpc) is 2.15. The van der Waals surface area contributed by atoms with E-state index in [9.17, 15) is 23.1 Å². The zero-order valence-electron chi connectivity index (χ0n) is 7.94. The summed E-state index contributed by atoms with van der Waals surface area (Å²) in [6, 6.07) is 0. The molecule has 0 saturated carbocycles. The molecule has 0 unspecified atom stereocenters. The highest BCUT2D eigenvalue weighted by atomic mass is 35.5. The lowest BCUT2D eigenvalue weighted by Crippen LogP contribution is -2.22. The van der Waals surface area contributed by atoms with Gasteiger partial charge in [0, 0.05) is 5.88 Å². The highest BCUT2D eigenvalue weighted by Crippen LogP contribution is 2.26. The molecule has 1 aromatic rings. The van der Waals surface area contributed by atoms with Crippen molar-refractivity contribution in [1.29, 1.82) is 0 Å². The van der Waals surface area contributed by atoms with E-state index < -0.39 is 23.4 Å². The van der Waals surface area contributed by atoms with E-state index in [1.165, 1.54) is 0 Å². The maximum absolute atomic E-state index is 12.2. The Morgan fingerprint density at radius 3 is 2.50 bits per heavy atom. The van der Waals surface area contributed by atoms with Gasteiger partial charge in [0.05, 0.1) is 5.56 Å². The van der Waals surface area contributed by atoms with Crippen molar-refractivity contribution in [3.05, 3.63) is 21.7 Å². The Hall–Kier alpha value is -1.24. The van der Waals surface area contributed by atoms with Gasteiger partial charge < -0.3 is 10.1 Å². The summed E-state index contributed by atoms with van der Waals surface area (Å²) >= 11 is 5.37. The van der Waals surface area contributed by atoms with Crippen molar-refractivity contribution in [2.24, 2.45) is 0 Å². The molecule has 0 amide bonds. The molecule has 1 rings (SSSR count). The molecule has 0 aromatic carbocycles. The second-order valence-corrected chi connectivity index (χ2v) is 3.38. The average molecular weight is 257 g/mol. The van der Waals surface area contributed by atoms with Crippen LogP contribution in [-0.4, -0.2) is 21.0 Å². The summed E-state index contributed by atoms with van der Waals surface area (Å²) in [5, 5.41) is 9.19. The molecule has 0 radical (unpaired) electrons. The van der Waals surface area contributed by atoms with Crippen LogP contribution in [0, 0.1) is 0 Å². The largest absolute Gasteiger partial charge is 0.493 e. The predicted octanol–water partition coefficient (Wildman–Crippen LogP) is 1.67. The molecule has 0 aliphatic carbocycles. The van der Waals surface area contributed by atoms with Gasteiger partial charge in [0.2, 0.25) is 11.7 Å². The molecule has 0 spiro atoms. The molecular formula is C8H8ClF3N2O2. The van der Waals surface area contributed by atoms with Crippen LogP contribution in [-0.2, 0) is 12.6 Å². The lowest BCUT2D eigenvalue weighted by atomic mass is 10.2. The molecule has 90 valence electrons. The fourth-order valence-corrected chi connectivity index (χ4v) is 1.22. The minimum atomic E-state index is -4.79. The minimum Gasteiger partial charge on any atom is -0.493 e. The molecular weight excluding hydrogens is 249 g/mol. The van der Waals surface area contributed by atoms with Gasteiger partial charge >= 0.3 is 6.18 Å². The number of aromatic hydroxyl groups is 1. The molecule has 0 bridgehead atoms. The van der Waals surface area contributed by atoms with Crippen LogP contribution in [0.1, 0.15) is 17.8 Å². The third-order valence-electron chi connectivity index (χ3n) is 1.82. The summed E-state index contributed by atoms with van der Waals surface area (Å²) in [5.41, 5.74) is -1.18. The zero-order chi connectivity index (χ0) is 12.3. The number of nitrogens with zero attached hydrogens (tertiary/aromatic N) is 1. The molecule has 0 aliphatic heterocycles. The lowest BCUT2D eigenvalue weighted by Gasteiger charge is -2.07. The van der Waals surface area contributed by atoms with Crippen molar-refractivity contribution in [2.45, 2.75) is 19.0 Å². The Kier molecular flexibility index (Phi) is 3.79. The highest BCUT2D eigenvalue weighted by Gasteiger charge is 2.35. The van der Waals surface area contributed by atoms with E-state index >= 15 is 0 Å². The monoisotopic (exact) mass is 256 g/mol. The van der Waals surface area contributed by atoms with E-state index in [0.29, 0.717) is 6.42 Å². The third-order valence-corrected chi connectivity index (χ3v) is 2.09. The number of hydrogen-bond acceptors (Lipinski definition) is 3. The molecule has 1 heterocycles. The number of H-pyrrole nitrogens is 1. The van der Waals surface area contributed by atoms with Gasteiger partial charge in [-0.2, -0.15) is 18.2 Å². The molecule has 1 aromatic heterocycles. The summed E-state index contributed by atoms with van der Waals surface area (Å²) in [7, 11) is 0. The Morgan fingerprint density at radius 2 is 2.06 bits per heavy atom. The van der Waals surface area contributed by atoms with Crippen LogP contribution in [0.3, 0.4) is 0 Å². The number of nitrogens with one attached hydrogen (secondary N) is 1. The Morgan fingerprint density at radius 1 is 1.44 bits per heavy atom. The molecule has 0 aliphatic rings. The molecule has 0 saturated heterocycles. The first-order chi connectivity index (χ1) is 7.36. The van der Waals surface area contributed by atoms with E-state index in [1.54, 1.807) is 4.98 Å². The van der Waals surface area contributed by atoms with Crippen molar-refractivity contribution >= 4 is 11.6 Å². The summed E-state index contributed by atoms with van der Waals surface area (Å²) in [5.74, 6) is -2.18. The number of aromatic nitrogens is 2. The first-order valence-corrected chi connectivity index (χ1v) is 4.85. The standard InChI is InChI=1S/C8H8ClF3N2O2/c9-3-1-2-4-5(15)13-7(8(10,11)12)14-6(4)16/h1-3H2,(H2,13,14,15,16). The van der Waals surface area contributed by atoms with Gasteiger partial charge in [-0.25, -0.2) is 0 Å². The van der Waals surface area contributed by atoms with Crippen LogP contribution in [0.25, 0.3) is 0 Å². The van der Waals surface area contributed by atoms with Crippen molar-refractivity contribution in [3.8, 4) is 5.88 Å². The Labute approximate surface area is 93.1 Å². The molecule has 8 heteroatoms. The van der Waals surface area contributed by atoms with Crippen molar-refractivity contribution in [3.63, 3.8) is 0 Å². The molecule has 16 heavy (non-hydrogen) atoms. The van der Waals surface area contributed by atoms with Gasteiger partial charge in [0.15, 0.2) is 0 Å². The van der Waals surface area contributed by atoms with E-state index in [4.69, 9.17) is 11.6 Å². The minimum absolute atomic E-state index is 0.0792. The summed E-state index contributed by atoms with van der Waals surface area (Å²) in [4.78, 5) is 15.7. The third kappa shape index (κ3) is 2.88. The maximum Gasteiger partial charge on any atom is 0.449 e. The number of halogens is 4. The second kappa shape index (κ2) is 4.73. The van der Waals surface area contributed by atoms with E-state index in [0.717, 1.165) is 0 Å². The van der Waals surface area contributed by atoms with Gasteiger partial charge in [0.1, 0.15) is 0 Å². The van der Waals surface area contributed by atoms with Crippen LogP contribution >= 0.6 is 11.6 Å². The zero-order valence-corrected chi connectivity index (χ0v) is 8.69. The van der Waals surface area contributed by atoms with Gasteiger partial charge in [-0.15, -0.1) is 11.6 Å². The first kappa shape index (κ1) is 12.8. The Balaban J connectivity index is 3.13. The van der Waals surface area contributed by atoms with Gasteiger partial charge in [-0.1, -0.05) is 0 Å². The number of alkyl halides is 4. The van der Waals surface area contributed by atoms with Crippen LogP contribution < -0.4 is 5.56 Å².